The first-order valence-electron chi connectivity index (χ1n) is 7.25. The van der Waals surface area contributed by atoms with Gasteiger partial charge >= 0.3 is 0 Å². The number of nitrogens with zero attached hydrogens (tertiary/aromatic N) is 2. The maximum absolute atomic E-state index is 6.56. The molecule has 1 aliphatic rings. The van der Waals surface area contributed by atoms with Crippen LogP contribution in [0.25, 0.3) is 5.69 Å². The maximum Gasteiger partial charge on any atom is 0.0929 e. The van der Waals surface area contributed by atoms with E-state index in [1.54, 1.807) is 13.3 Å². The SMILES string of the molecule is COC1(C(N)c2ccnn2-c2ccccc2)CCOCC1. The highest BCUT2D eigenvalue weighted by Crippen LogP contribution is 2.36. The van der Waals surface area contributed by atoms with E-state index in [-0.39, 0.29) is 11.6 Å². The van der Waals surface area contributed by atoms with Gasteiger partial charge in [-0.25, -0.2) is 4.68 Å². The summed E-state index contributed by atoms with van der Waals surface area (Å²) in [4.78, 5) is 0. The summed E-state index contributed by atoms with van der Waals surface area (Å²) in [5.74, 6) is 0. The zero-order valence-corrected chi connectivity index (χ0v) is 12.2. The summed E-state index contributed by atoms with van der Waals surface area (Å²) in [5, 5.41) is 4.42. The minimum absolute atomic E-state index is 0.242. The number of benzene rings is 1. The number of aromatic nitrogens is 2. The first-order chi connectivity index (χ1) is 10.3. The molecule has 0 aliphatic carbocycles. The van der Waals surface area contributed by atoms with Crippen LogP contribution < -0.4 is 5.73 Å². The molecule has 5 nitrogen and oxygen atoms in total. The lowest BCUT2D eigenvalue weighted by atomic mass is 9.84. The van der Waals surface area contributed by atoms with Crippen LogP contribution in [0.15, 0.2) is 42.6 Å². The van der Waals surface area contributed by atoms with Gasteiger partial charge in [-0.1, -0.05) is 18.2 Å². The second-order valence-electron chi connectivity index (χ2n) is 5.36. The summed E-state index contributed by atoms with van der Waals surface area (Å²) in [6, 6.07) is 11.7. The molecule has 2 heterocycles. The molecule has 1 aliphatic heterocycles. The van der Waals surface area contributed by atoms with Crippen molar-refractivity contribution in [2.24, 2.45) is 5.73 Å². The summed E-state index contributed by atoms with van der Waals surface area (Å²) < 4.78 is 13.1. The molecule has 1 atom stereocenters. The van der Waals surface area contributed by atoms with Crippen molar-refractivity contribution in [3.8, 4) is 5.69 Å². The number of methoxy groups -OCH3 is 1. The van der Waals surface area contributed by atoms with Crippen molar-refractivity contribution in [1.29, 1.82) is 0 Å². The second-order valence-corrected chi connectivity index (χ2v) is 5.36. The third-order valence-corrected chi connectivity index (χ3v) is 4.30. The molecular weight excluding hydrogens is 266 g/mol. The lowest BCUT2D eigenvalue weighted by Gasteiger charge is -2.40. The summed E-state index contributed by atoms with van der Waals surface area (Å²) >= 11 is 0. The van der Waals surface area contributed by atoms with Crippen LogP contribution in [-0.2, 0) is 9.47 Å². The molecule has 5 heteroatoms. The van der Waals surface area contributed by atoms with E-state index in [1.165, 1.54) is 0 Å². The van der Waals surface area contributed by atoms with E-state index in [2.05, 4.69) is 5.10 Å². The van der Waals surface area contributed by atoms with Gasteiger partial charge in [0.2, 0.25) is 0 Å². The van der Waals surface area contributed by atoms with Gasteiger partial charge in [0.25, 0.3) is 0 Å². The fraction of sp³-hybridized carbons (Fsp3) is 0.438. The van der Waals surface area contributed by atoms with Gasteiger partial charge in [0, 0.05) is 39.4 Å². The van der Waals surface area contributed by atoms with Crippen molar-refractivity contribution in [2.45, 2.75) is 24.5 Å². The fourth-order valence-corrected chi connectivity index (χ4v) is 2.96. The molecule has 21 heavy (non-hydrogen) atoms. The first kappa shape index (κ1) is 14.3. The second kappa shape index (κ2) is 5.97. The molecule has 0 spiro atoms. The van der Waals surface area contributed by atoms with Crippen molar-refractivity contribution in [2.75, 3.05) is 20.3 Å². The normalized spacial score (nSPS) is 19.3. The van der Waals surface area contributed by atoms with E-state index in [4.69, 9.17) is 15.2 Å². The Labute approximate surface area is 124 Å². The molecule has 2 aromatic rings. The number of hydrogen-bond acceptors (Lipinski definition) is 4. The molecule has 3 rings (SSSR count). The third-order valence-electron chi connectivity index (χ3n) is 4.30. The largest absolute Gasteiger partial charge is 0.381 e. The standard InChI is InChI=1S/C16H21N3O2/c1-20-16(8-11-21-12-9-16)15(17)14-7-10-18-19(14)13-5-3-2-4-6-13/h2-7,10,15H,8-9,11-12,17H2,1H3. The Morgan fingerprint density at radius 1 is 1.24 bits per heavy atom. The number of rotatable bonds is 4. The quantitative estimate of drug-likeness (QED) is 0.935. The molecule has 0 bridgehead atoms. The van der Waals surface area contributed by atoms with Crippen molar-refractivity contribution in [3.63, 3.8) is 0 Å². The van der Waals surface area contributed by atoms with Crippen LogP contribution in [0.1, 0.15) is 24.6 Å². The van der Waals surface area contributed by atoms with Crippen LogP contribution in [-0.4, -0.2) is 35.7 Å². The van der Waals surface area contributed by atoms with E-state index >= 15 is 0 Å². The van der Waals surface area contributed by atoms with Gasteiger partial charge in [-0.05, 0) is 18.2 Å². The molecular formula is C16H21N3O2. The number of nitrogens with two attached hydrogens (primary N) is 1. The van der Waals surface area contributed by atoms with Crippen molar-refractivity contribution < 1.29 is 9.47 Å². The van der Waals surface area contributed by atoms with Crippen molar-refractivity contribution in [3.05, 3.63) is 48.3 Å². The number of para-hydroxylation sites is 1. The molecule has 0 amide bonds. The van der Waals surface area contributed by atoms with Crippen LogP contribution >= 0.6 is 0 Å². The Morgan fingerprint density at radius 2 is 1.95 bits per heavy atom. The average Bonchev–Trinajstić information content (AvgIpc) is 3.05. The Balaban J connectivity index is 1.95. The highest BCUT2D eigenvalue weighted by Gasteiger charge is 2.41. The Morgan fingerprint density at radius 3 is 2.62 bits per heavy atom. The lowest BCUT2D eigenvalue weighted by Crippen LogP contribution is -2.48. The topological polar surface area (TPSA) is 62.3 Å². The van der Waals surface area contributed by atoms with Crippen LogP contribution in [0.3, 0.4) is 0 Å². The fourth-order valence-electron chi connectivity index (χ4n) is 2.96. The van der Waals surface area contributed by atoms with Crippen LogP contribution in [0.2, 0.25) is 0 Å². The highest BCUT2D eigenvalue weighted by molar-refractivity contribution is 5.33. The van der Waals surface area contributed by atoms with E-state index in [0.29, 0.717) is 13.2 Å². The summed E-state index contributed by atoms with van der Waals surface area (Å²) in [5.41, 5.74) is 8.14. The van der Waals surface area contributed by atoms with Gasteiger partial charge in [-0.3, -0.25) is 0 Å². The van der Waals surface area contributed by atoms with Crippen LogP contribution in [0, 0.1) is 0 Å². The van der Waals surface area contributed by atoms with Gasteiger partial charge in [0.15, 0.2) is 0 Å². The predicted octanol–water partition coefficient (Wildman–Crippen LogP) is 2.07. The molecule has 112 valence electrons. The van der Waals surface area contributed by atoms with Gasteiger partial charge in [0.1, 0.15) is 0 Å². The Kier molecular flexibility index (Phi) is 4.05. The zero-order chi connectivity index (χ0) is 14.7. The first-order valence-corrected chi connectivity index (χ1v) is 7.25. The number of ether oxygens (including phenoxy) is 2. The van der Waals surface area contributed by atoms with Crippen LogP contribution in [0.5, 0.6) is 0 Å². The van der Waals surface area contributed by atoms with Crippen molar-refractivity contribution >= 4 is 0 Å². The number of hydrogen-bond donors (Lipinski definition) is 1. The van der Waals surface area contributed by atoms with Gasteiger partial charge in [0.05, 0.1) is 23.0 Å². The Bertz CT molecular complexity index is 576. The molecule has 0 saturated carbocycles. The minimum Gasteiger partial charge on any atom is -0.381 e. The zero-order valence-electron chi connectivity index (χ0n) is 12.2. The predicted molar refractivity (Wildman–Crippen MR) is 80.3 cm³/mol. The lowest BCUT2D eigenvalue weighted by molar-refractivity contribution is -0.105. The molecule has 2 N–H and O–H groups in total. The smallest absolute Gasteiger partial charge is 0.0929 e. The molecule has 1 fully saturated rings. The van der Waals surface area contributed by atoms with E-state index in [1.807, 2.05) is 41.1 Å². The summed E-state index contributed by atoms with van der Waals surface area (Å²) in [6.07, 6.45) is 3.38. The molecule has 1 unspecified atom stereocenters. The summed E-state index contributed by atoms with van der Waals surface area (Å²) in [6.45, 7) is 1.36. The van der Waals surface area contributed by atoms with Crippen molar-refractivity contribution in [1.82, 2.24) is 9.78 Å². The third kappa shape index (κ3) is 2.60. The minimum atomic E-state index is -0.384. The maximum atomic E-state index is 6.56. The molecule has 1 aromatic carbocycles. The van der Waals surface area contributed by atoms with Gasteiger partial charge in [-0.15, -0.1) is 0 Å². The van der Waals surface area contributed by atoms with Gasteiger partial charge in [-0.2, -0.15) is 5.10 Å². The molecule has 0 radical (unpaired) electrons. The Hall–Kier alpha value is -1.69. The van der Waals surface area contributed by atoms with Gasteiger partial charge < -0.3 is 15.2 Å². The molecule has 1 aromatic heterocycles. The van der Waals surface area contributed by atoms with E-state index < -0.39 is 0 Å². The highest BCUT2D eigenvalue weighted by atomic mass is 16.5. The van der Waals surface area contributed by atoms with E-state index in [9.17, 15) is 0 Å². The van der Waals surface area contributed by atoms with Crippen LogP contribution in [0.4, 0.5) is 0 Å². The summed E-state index contributed by atoms with van der Waals surface area (Å²) in [7, 11) is 1.73. The molecule has 1 saturated heterocycles. The van der Waals surface area contributed by atoms with E-state index in [0.717, 1.165) is 24.2 Å². The average molecular weight is 287 g/mol. The monoisotopic (exact) mass is 287 g/mol.